The summed E-state index contributed by atoms with van der Waals surface area (Å²) in [6, 6.07) is 11.0. The van der Waals surface area contributed by atoms with E-state index in [1.54, 1.807) is 18.2 Å². The van der Waals surface area contributed by atoms with Gasteiger partial charge in [-0.05, 0) is 25.0 Å². The third-order valence-electron chi connectivity index (χ3n) is 5.04. The standard InChI is InChI=1S/C15H18N2O4S.C6H13N/c1-16(2)13-8-4-7-12-11(13)6-5-9-14(12)22(20,21)17(3)10-15(18)19;7-6-4-2-1-3-5-6/h4-9H,10H2,1-3H3,(H,18,19);6H,1-5,7H2. The lowest BCUT2D eigenvalue weighted by molar-refractivity contribution is -0.137. The minimum absolute atomic E-state index is 0.109. The molecule has 3 rings (SSSR count). The molecule has 0 amide bonds. The number of likely N-dealkylation sites (N-methyl/N-ethyl adjacent to an activating group) is 1. The van der Waals surface area contributed by atoms with Gasteiger partial charge in [-0.3, -0.25) is 4.79 Å². The summed E-state index contributed by atoms with van der Waals surface area (Å²) in [7, 11) is 1.16. The molecule has 0 radical (unpaired) electrons. The maximum absolute atomic E-state index is 12.6. The first-order valence-corrected chi connectivity index (χ1v) is 11.2. The first-order chi connectivity index (χ1) is 13.6. The van der Waals surface area contributed by atoms with Crippen LogP contribution < -0.4 is 10.6 Å². The highest BCUT2D eigenvalue weighted by Gasteiger charge is 2.25. The van der Waals surface area contributed by atoms with Crippen molar-refractivity contribution in [1.82, 2.24) is 4.31 Å². The third kappa shape index (κ3) is 5.91. The van der Waals surface area contributed by atoms with Crippen molar-refractivity contribution in [2.24, 2.45) is 5.73 Å². The van der Waals surface area contributed by atoms with Gasteiger partial charge in [0, 0.05) is 43.6 Å². The van der Waals surface area contributed by atoms with Gasteiger partial charge in [-0.15, -0.1) is 0 Å². The highest BCUT2D eigenvalue weighted by Crippen LogP contribution is 2.31. The largest absolute Gasteiger partial charge is 0.480 e. The summed E-state index contributed by atoms with van der Waals surface area (Å²) >= 11 is 0. The van der Waals surface area contributed by atoms with E-state index in [0.29, 0.717) is 11.4 Å². The summed E-state index contributed by atoms with van der Waals surface area (Å²) in [5.41, 5.74) is 6.53. The normalized spacial score (nSPS) is 15.1. The number of rotatable bonds is 5. The molecular weight excluding hydrogens is 390 g/mol. The zero-order valence-corrected chi connectivity index (χ0v) is 18.2. The lowest BCUT2D eigenvalue weighted by Gasteiger charge is -2.19. The number of benzene rings is 2. The lowest BCUT2D eigenvalue weighted by Crippen LogP contribution is -2.32. The third-order valence-corrected chi connectivity index (χ3v) is 6.90. The molecule has 0 atom stereocenters. The molecule has 0 unspecified atom stereocenters. The minimum atomic E-state index is -3.87. The summed E-state index contributed by atoms with van der Waals surface area (Å²) in [6.45, 7) is -0.577. The van der Waals surface area contributed by atoms with Crippen molar-refractivity contribution in [1.29, 1.82) is 0 Å². The van der Waals surface area contributed by atoms with Crippen LogP contribution in [-0.2, 0) is 14.8 Å². The van der Waals surface area contributed by atoms with E-state index in [9.17, 15) is 13.2 Å². The number of carboxylic acid groups (broad SMARTS) is 1. The van der Waals surface area contributed by atoms with Gasteiger partial charge in [0.1, 0.15) is 6.54 Å². The Morgan fingerprint density at radius 2 is 1.62 bits per heavy atom. The maximum Gasteiger partial charge on any atom is 0.318 e. The molecule has 2 aromatic rings. The number of anilines is 1. The van der Waals surface area contributed by atoms with Gasteiger partial charge in [0.25, 0.3) is 0 Å². The number of nitrogens with two attached hydrogens (primary N) is 1. The lowest BCUT2D eigenvalue weighted by atomic mass is 9.97. The van der Waals surface area contributed by atoms with Crippen LogP contribution in [0.3, 0.4) is 0 Å². The van der Waals surface area contributed by atoms with Crippen LogP contribution in [0.2, 0.25) is 0 Å². The number of aliphatic carboxylic acids is 1. The van der Waals surface area contributed by atoms with E-state index in [1.807, 2.05) is 31.1 Å². The Hall–Kier alpha value is -2.16. The Balaban J connectivity index is 0.000000360. The number of nitrogens with zero attached hydrogens (tertiary/aromatic N) is 2. The van der Waals surface area contributed by atoms with E-state index in [0.717, 1.165) is 15.4 Å². The summed E-state index contributed by atoms with van der Waals surface area (Å²) in [5, 5.41) is 10.2. The molecule has 0 saturated heterocycles. The van der Waals surface area contributed by atoms with Gasteiger partial charge < -0.3 is 15.7 Å². The molecule has 8 heteroatoms. The smallest absolute Gasteiger partial charge is 0.318 e. The predicted molar refractivity (Wildman–Crippen MR) is 117 cm³/mol. The number of sulfonamides is 1. The van der Waals surface area contributed by atoms with Crippen LogP contribution in [0.4, 0.5) is 5.69 Å². The van der Waals surface area contributed by atoms with Gasteiger partial charge in [-0.1, -0.05) is 43.5 Å². The quantitative estimate of drug-likeness (QED) is 0.769. The van der Waals surface area contributed by atoms with E-state index in [4.69, 9.17) is 10.8 Å². The molecule has 1 saturated carbocycles. The van der Waals surface area contributed by atoms with Crippen LogP contribution in [0.15, 0.2) is 41.3 Å². The number of fused-ring (bicyclic) bond motifs is 1. The molecule has 160 valence electrons. The number of hydrogen-bond donors (Lipinski definition) is 2. The van der Waals surface area contributed by atoms with E-state index in [1.165, 1.54) is 45.2 Å². The Bertz CT molecular complexity index is 938. The van der Waals surface area contributed by atoms with E-state index in [2.05, 4.69) is 0 Å². The van der Waals surface area contributed by atoms with Crippen LogP contribution in [0.1, 0.15) is 32.1 Å². The first-order valence-electron chi connectivity index (χ1n) is 9.77. The second-order valence-corrected chi connectivity index (χ2v) is 9.59. The molecule has 1 aliphatic carbocycles. The van der Waals surface area contributed by atoms with Gasteiger partial charge in [-0.25, -0.2) is 8.42 Å². The number of hydrogen-bond acceptors (Lipinski definition) is 5. The minimum Gasteiger partial charge on any atom is -0.480 e. The molecule has 29 heavy (non-hydrogen) atoms. The molecule has 2 aromatic carbocycles. The van der Waals surface area contributed by atoms with Crippen molar-refractivity contribution in [2.75, 3.05) is 32.6 Å². The summed E-state index contributed by atoms with van der Waals surface area (Å²) < 4.78 is 26.1. The Labute approximate surface area is 173 Å². The Morgan fingerprint density at radius 1 is 1.03 bits per heavy atom. The topological polar surface area (TPSA) is 104 Å². The monoisotopic (exact) mass is 421 g/mol. The van der Waals surface area contributed by atoms with Crippen LogP contribution in [0, 0.1) is 0 Å². The summed E-state index contributed by atoms with van der Waals surface area (Å²) in [5.74, 6) is -1.19. The molecule has 1 aliphatic rings. The van der Waals surface area contributed by atoms with Crippen LogP contribution in [-0.4, -0.2) is 57.5 Å². The van der Waals surface area contributed by atoms with Crippen molar-refractivity contribution in [3.8, 4) is 0 Å². The SMILES string of the molecule is CN(C)c1cccc2c(S(=O)(=O)N(C)CC(=O)O)cccc12.NC1CCCCC1. The fraction of sp³-hybridized carbons (Fsp3) is 0.476. The van der Waals surface area contributed by atoms with Crippen molar-refractivity contribution in [3.63, 3.8) is 0 Å². The van der Waals surface area contributed by atoms with Crippen LogP contribution >= 0.6 is 0 Å². The van der Waals surface area contributed by atoms with Gasteiger partial charge in [0.05, 0.1) is 4.90 Å². The Morgan fingerprint density at radius 3 is 2.14 bits per heavy atom. The van der Waals surface area contributed by atoms with E-state index >= 15 is 0 Å². The molecule has 1 fully saturated rings. The van der Waals surface area contributed by atoms with Crippen LogP contribution in [0.25, 0.3) is 10.8 Å². The number of carboxylic acids is 1. The second kappa shape index (κ2) is 10.0. The molecule has 0 heterocycles. The second-order valence-electron chi connectivity index (χ2n) is 7.58. The molecule has 0 bridgehead atoms. The average Bonchev–Trinajstić information content (AvgIpc) is 2.67. The fourth-order valence-electron chi connectivity index (χ4n) is 3.46. The molecule has 0 spiro atoms. The molecule has 0 aromatic heterocycles. The van der Waals surface area contributed by atoms with Crippen molar-refractivity contribution in [3.05, 3.63) is 36.4 Å². The van der Waals surface area contributed by atoms with Crippen molar-refractivity contribution >= 4 is 32.5 Å². The summed E-state index contributed by atoms with van der Waals surface area (Å²) in [4.78, 5) is 12.8. The Kier molecular flexibility index (Phi) is 8.01. The van der Waals surface area contributed by atoms with Crippen LogP contribution in [0.5, 0.6) is 0 Å². The zero-order chi connectivity index (χ0) is 21.6. The van der Waals surface area contributed by atoms with Crippen molar-refractivity contribution in [2.45, 2.75) is 43.0 Å². The predicted octanol–water partition coefficient (Wildman–Crippen LogP) is 2.89. The highest BCUT2D eigenvalue weighted by atomic mass is 32.2. The zero-order valence-electron chi connectivity index (χ0n) is 17.3. The molecular formula is C21H31N3O4S. The van der Waals surface area contributed by atoms with Gasteiger partial charge in [0.15, 0.2) is 0 Å². The van der Waals surface area contributed by atoms with Gasteiger partial charge >= 0.3 is 5.97 Å². The van der Waals surface area contributed by atoms with E-state index in [-0.39, 0.29) is 4.90 Å². The van der Waals surface area contributed by atoms with Crippen molar-refractivity contribution < 1.29 is 18.3 Å². The average molecular weight is 422 g/mol. The first kappa shape index (κ1) is 23.1. The van der Waals surface area contributed by atoms with Gasteiger partial charge in [0.2, 0.25) is 10.0 Å². The van der Waals surface area contributed by atoms with Gasteiger partial charge in [-0.2, -0.15) is 4.31 Å². The molecule has 0 aliphatic heterocycles. The fourth-order valence-corrected chi connectivity index (χ4v) is 4.78. The maximum atomic E-state index is 12.6. The van der Waals surface area contributed by atoms with E-state index < -0.39 is 22.5 Å². The molecule has 3 N–H and O–H groups in total. The molecule has 7 nitrogen and oxygen atoms in total. The summed E-state index contributed by atoms with van der Waals surface area (Å²) in [6.07, 6.45) is 6.66. The highest BCUT2D eigenvalue weighted by molar-refractivity contribution is 7.89. The number of carbonyl (C=O) groups is 1.